The topological polar surface area (TPSA) is 81.1 Å². The molecule has 0 aliphatic heterocycles. The van der Waals surface area contributed by atoms with Crippen molar-refractivity contribution in [2.24, 2.45) is 0 Å². The number of nitrogens with zero attached hydrogens (tertiary/aromatic N) is 3. The summed E-state index contributed by atoms with van der Waals surface area (Å²) in [5, 5.41) is 15.9. The molecule has 4 rings (SSSR count). The summed E-state index contributed by atoms with van der Waals surface area (Å²) in [6, 6.07) is 21.8. The Labute approximate surface area is 209 Å². The fourth-order valence-corrected chi connectivity index (χ4v) is 4.41. The largest absolute Gasteiger partial charge is 0.497 e. The van der Waals surface area contributed by atoms with E-state index in [1.54, 1.807) is 7.11 Å². The molecule has 0 spiro atoms. The molecule has 35 heavy (non-hydrogen) atoms. The highest BCUT2D eigenvalue weighted by atomic mass is 32.2. The van der Waals surface area contributed by atoms with Gasteiger partial charge < -0.3 is 15.4 Å². The molecule has 0 saturated carbocycles. The lowest BCUT2D eigenvalue weighted by atomic mass is 10.1. The average molecular weight is 488 g/mol. The highest BCUT2D eigenvalue weighted by Crippen LogP contribution is 2.26. The minimum absolute atomic E-state index is 0.0889. The standard InChI is InChI=1S/C27H29N5O2S/c1-18-6-5-7-22(14-18)29-26(33)17-35-27-31-30-25(16-28-21-10-12-23(34-4)13-11-21)32(27)24-15-19(2)8-9-20(24)3/h5-15,28H,16-17H2,1-4H3,(H,29,33). The fourth-order valence-electron chi connectivity index (χ4n) is 3.65. The Balaban J connectivity index is 1.54. The molecule has 0 atom stereocenters. The lowest BCUT2D eigenvalue weighted by Gasteiger charge is -2.14. The molecular formula is C27H29N5O2S. The normalized spacial score (nSPS) is 10.7. The van der Waals surface area contributed by atoms with Gasteiger partial charge in [-0.1, -0.05) is 36.0 Å². The summed E-state index contributed by atoms with van der Waals surface area (Å²) >= 11 is 1.37. The average Bonchev–Trinajstić information content (AvgIpc) is 3.26. The Morgan fingerprint density at radius 1 is 0.943 bits per heavy atom. The zero-order chi connectivity index (χ0) is 24.8. The van der Waals surface area contributed by atoms with Gasteiger partial charge in [-0.2, -0.15) is 0 Å². The molecule has 1 heterocycles. The summed E-state index contributed by atoms with van der Waals surface area (Å²) in [5.41, 5.74) is 6.08. The van der Waals surface area contributed by atoms with Gasteiger partial charge in [0, 0.05) is 11.4 Å². The molecule has 0 saturated heterocycles. The SMILES string of the molecule is COc1ccc(NCc2nnc(SCC(=O)Nc3cccc(C)c3)n2-c2cc(C)ccc2C)cc1. The van der Waals surface area contributed by atoms with Gasteiger partial charge >= 0.3 is 0 Å². The second-order valence-corrected chi connectivity index (χ2v) is 9.26. The van der Waals surface area contributed by atoms with Gasteiger partial charge in [0.05, 0.1) is 25.1 Å². The van der Waals surface area contributed by atoms with Gasteiger partial charge in [-0.05, 0) is 79.9 Å². The highest BCUT2D eigenvalue weighted by molar-refractivity contribution is 7.99. The van der Waals surface area contributed by atoms with E-state index in [4.69, 9.17) is 4.74 Å². The number of carbonyl (C=O) groups excluding carboxylic acids is 1. The predicted octanol–water partition coefficient (Wildman–Crippen LogP) is 5.54. The van der Waals surface area contributed by atoms with Crippen molar-refractivity contribution in [3.05, 3.63) is 89.2 Å². The van der Waals surface area contributed by atoms with Crippen LogP contribution in [0.3, 0.4) is 0 Å². The monoisotopic (exact) mass is 487 g/mol. The van der Waals surface area contributed by atoms with E-state index in [0.717, 1.165) is 45.3 Å². The Hall–Kier alpha value is -3.78. The van der Waals surface area contributed by atoms with Crippen LogP contribution in [0.5, 0.6) is 5.75 Å². The maximum atomic E-state index is 12.6. The lowest BCUT2D eigenvalue weighted by Crippen LogP contribution is -2.15. The van der Waals surface area contributed by atoms with Crippen molar-refractivity contribution in [3.8, 4) is 11.4 Å². The fraction of sp³-hybridized carbons (Fsp3) is 0.222. The number of carbonyl (C=O) groups is 1. The van der Waals surface area contributed by atoms with Crippen molar-refractivity contribution in [2.45, 2.75) is 32.5 Å². The number of benzene rings is 3. The van der Waals surface area contributed by atoms with Gasteiger partial charge in [-0.3, -0.25) is 9.36 Å². The summed E-state index contributed by atoms with van der Waals surface area (Å²) in [7, 11) is 1.65. The number of methoxy groups -OCH3 is 1. The minimum atomic E-state index is -0.0889. The zero-order valence-electron chi connectivity index (χ0n) is 20.3. The summed E-state index contributed by atoms with van der Waals surface area (Å²) in [5.74, 6) is 1.70. The highest BCUT2D eigenvalue weighted by Gasteiger charge is 2.18. The maximum Gasteiger partial charge on any atom is 0.234 e. The van der Waals surface area contributed by atoms with Crippen LogP contribution in [-0.4, -0.2) is 33.5 Å². The number of rotatable bonds is 9. The molecule has 2 N–H and O–H groups in total. The van der Waals surface area contributed by atoms with E-state index in [0.29, 0.717) is 11.7 Å². The number of aromatic nitrogens is 3. The molecule has 0 bridgehead atoms. The number of anilines is 2. The third-order valence-electron chi connectivity index (χ3n) is 5.48. The van der Waals surface area contributed by atoms with Crippen LogP contribution in [0.2, 0.25) is 0 Å². The number of thioether (sulfide) groups is 1. The van der Waals surface area contributed by atoms with E-state index in [1.807, 2.05) is 60.0 Å². The molecule has 0 unspecified atom stereocenters. The van der Waals surface area contributed by atoms with Crippen LogP contribution in [0.25, 0.3) is 5.69 Å². The lowest BCUT2D eigenvalue weighted by molar-refractivity contribution is -0.113. The molecule has 1 amide bonds. The number of hydrogen-bond acceptors (Lipinski definition) is 6. The summed E-state index contributed by atoms with van der Waals surface area (Å²) in [6.45, 7) is 6.60. The predicted molar refractivity (Wildman–Crippen MR) is 142 cm³/mol. The van der Waals surface area contributed by atoms with E-state index >= 15 is 0 Å². The van der Waals surface area contributed by atoms with Gasteiger partial charge in [0.1, 0.15) is 5.75 Å². The van der Waals surface area contributed by atoms with Gasteiger partial charge in [0.25, 0.3) is 0 Å². The van der Waals surface area contributed by atoms with Crippen molar-refractivity contribution in [1.82, 2.24) is 14.8 Å². The van der Waals surface area contributed by atoms with E-state index in [1.165, 1.54) is 11.8 Å². The summed E-state index contributed by atoms with van der Waals surface area (Å²) in [4.78, 5) is 12.6. The maximum absolute atomic E-state index is 12.6. The van der Waals surface area contributed by atoms with Crippen LogP contribution in [0.4, 0.5) is 11.4 Å². The van der Waals surface area contributed by atoms with E-state index < -0.39 is 0 Å². The molecule has 180 valence electrons. The van der Waals surface area contributed by atoms with Crippen molar-refractivity contribution >= 4 is 29.0 Å². The van der Waals surface area contributed by atoms with Crippen LogP contribution in [0.1, 0.15) is 22.5 Å². The molecule has 0 aliphatic carbocycles. The van der Waals surface area contributed by atoms with E-state index in [9.17, 15) is 4.79 Å². The molecule has 7 nitrogen and oxygen atoms in total. The second kappa shape index (κ2) is 11.1. The van der Waals surface area contributed by atoms with Crippen molar-refractivity contribution < 1.29 is 9.53 Å². The van der Waals surface area contributed by atoms with Crippen molar-refractivity contribution in [1.29, 1.82) is 0 Å². The molecule has 3 aromatic carbocycles. The van der Waals surface area contributed by atoms with Crippen molar-refractivity contribution in [2.75, 3.05) is 23.5 Å². The van der Waals surface area contributed by atoms with Crippen LogP contribution in [-0.2, 0) is 11.3 Å². The van der Waals surface area contributed by atoms with E-state index in [2.05, 4.69) is 52.9 Å². The van der Waals surface area contributed by atoms with Crippen LogP contribution >= 0.6 is 11.8 Å². The number of amides is 1. The molecule has 0 radical (unpaired) electrons. The summed E-state index contributed by atoms with van der Waals surface area (Å²) < 4.78 is 7.27. The second-order valence-electron chi connectivity index (χ2n) is 8.31. The van der Waals surface area contributed by atoms with E-state index in [-0.39, 0.29) is 11.7 Å². The third kappa shape index (κ3) is 6.22. The minimum Gasteiger partial charge on any atom is -0.497 e. The molecular weight excluding hydrogens is 458 g/mol. The zero-order valence-corrected chi connectivity index (χ0v) is 21.1. The first-order chi connectivity index (χ1) is 16.9. The van der Waals surface area contributed by atoms with Gasteiger partial charge in [-0.15, -0.1) is 10.2 Å². The van der Waals surface area contributed by atoms with Gasteiger partial charge in [0.15, 0.2) is 11.0 Å². The smallest absolute Gasteiger partial charge is 0.234 e. The molecule has 4 aromatic rings. The molecule has 8 heteroatoms. The van der Waals surface area contributed by atoms with Crippen molar-refractivity contribution in [3.63, 3.8) is 0 Å². The first-order valence-electron chi connectivity index (χ1n) is 11.3. The Kier molecular flexibility index (Phi) is 7.72. The number of hydrogen-bond donors (Lipinski definition) is 2. The first kappa shape index (κ1) is 24.3. The first-order valence-corrected chi connectivity index (χ1v) is 12.3. The Morgan fingerprint density at radius 3 is 2.46 bits per heavy atom. The molecule has 0 aliphatic rings. The van der Waals surface area contributed by atoms with Gasteiger partial charge in [-0.25, -0.2) is 0 Å². The Bertz CT molecular complexity index is 1320. The number of ether oxygens (including phenoxy) is 1. The quantitative estimate of drug-likeness (QED) is 0.302. The number of nitrogens with one attached hydrogen (secondary N) is 2. The van der Waals surface area contributed by atoms with Crippen LogP contribution < -0.4 is 15.4 Å². The Morgan fingerprint density at radius 2 is 1.71 bits per heavy atom. The third-order valence-corrected chi connectivity index (χ3v) is 6.41. The summed E-state index contributed by atoms with van der Waals surface area (Å²) in [6.07, 6.45) is 0. The van der Waals surface area contributed by atoms with Crippen LogP contribution in [0.15, 0.2) is 71.9 Å². The molecule has 1 aromatic heterocycles. The van der Waals surface area contributed by atoms with Gasteiger partial charge in [0.2, 0.25) is 5.91 Å². The molecule has 0 fully saturated rings. The number of aryl methyl sites for hydroxylation is 3. The van der Waals surface area contributed by atoms with Crippen LogP contribution in [0, 0.1) is 20.8 Å².